The van der Waals surface area contributed by atoms with Crippen LogP contribution in [0.25, 0.3) is 10.7 Å². The number of nitrogens with one attached hydrogen (secondary N) is 1. The lowest BCUT2D eigenvalue weighted by Gasteiger charge is -2.17. The van der Waals surface area contributed by atoms with Crippen molar-refractivity contribution in [3.05, 3.63) is 41.5 Å². The molecule has 0 aromatic carbocycles. The lowest BCUT2D eigenvalue weighted by Crippen LogP contribution is -2.32. The summed E-state index contributed by atoms with van der Waals surface area (Å²) in [5.74, 6) is -0.462. The van der Waals surface area contributed by atoms with E-state index in [4.69, 9.17) is 16.2 Å². The van der Waals surface area contributed by atoms with Crippen LogP contribution in [0.2, 0.25) is 0 Å². The van der Waals surface area contributed by atoms with E-state index in [0.717, 1.165) is 5.56 Å². The molecule has 0 radical (unpaired) electrons. The highest BCUT2D eigenvalue weighted by molar-refractivity contribution is 7.19. The van der Waals surface area contributed by atoms with Crippen LogP contribution in [0.1, 0.15) is 40.7 Å². The number of nitrogens with zero attached hydrogens (tertiary/aromatic N) is 4. The molecular formula is C20H24FN7O2S. The molecule has 3 atom stereocenters. The summed E-state index contributed by atoms with van der Waals surface area (Å²) >= 11 is 1.20. The minimum absolute atomic E-state index is 0.101. The third-order valence-electron chi connectivity index (χ3n) is 5.30. The monoisotopic (exact) mass is 445 g/mol. The number of aryl methyl sites for hydroxylation is 2. The largest absolute Gasteiger partial charge is 0.389 e. The van der Waals surface area contributed by atoms with Crippen molar-refractivity contribution in [1.82, 2.24) is 19.7 Å². The molecule has 0 saturated carbocycles. The van der Waals surface area contributed by atoms with Gasteiger partial charge in [-0.15, -0.1) is 0 Å². The molecule has 0 aliphatic carbocycles. The number of amides is 1. The van der Waals surface area contributed by atoms with E-state index < -0.39 is 24.2 Å². The Hall–Kier alpha value is -2.89. The topological polar surface area (TPSA) is 134 Å². The molecule has 1 fully saturated rings. The fourth-order valence-electron chi connectivity index (χ4n) is 3.57. The molecule has 11 heteroatoms. The number of nitrogen functional groups attached to an aromatic ring is 1. The van der Waals surface area contributed by atoms with E-state index in [1.807, 2.05) is 19.1 Å². The number of halogens is 1. The first-order valence-electron chi connectivity index (χ1n) is 9.88. The predicted octanol–water partition coefficient (Wildman–Crippen LogP) is 2.60. The molecule has 3 aromatic rings. The number of aromatic nitrogens is 4. The third kappa shape index (κ3) is 4.29. The first-order chi connectivity index (χ1) is 14.8. The highest BCUT2D eigenvalue weighted by atomic mass is 32.1. The number of pyridine rings is 1. The quantitative estimate of drug-likeness (QED) is 0.562. The molecule has 1 aliphatic rings. The van der Waals surface area contributed by atoms with Crippen molar-refractivity contribution >= 4 is 27.9 Å². The molecule has 0 spiro atoms. The molecule has 1 amide bonds. The molecular weight excluding hydrogens is 421 g/mol. The number of carbonyl (C=O) groups excluding carboxylic acids is 1. The summed E-state index contributed by atoms with van der Waals surface area (Å²) in [6, 6.07) is 3.18. The number of rotatable bonds is 4. The van der Waals surface area contributed by atoms with E-state index in [1.54, 1.807) is 17.9 Å². The van der Waals surface area contributed by atoms with Crippen molar-refractivity contribution in [1.29, 1.82) is 0 Å². The molecule has 9 nitrogen and oxygen atoms in total. The molecule has 4 heterocycles. The number of carbonyl (C=O) groups is 1. The van der Waals surface area contributed by atoms with Crippen LogP contribution >= 0.6 is 11.3 Å². The molecule has 164 valence electrons. The molecule has 0 unspecified atom stereocenters. The molecule has 1 aliphatic heterocycles. The van der Waals surface area contributed by atoms with Gasteiger partial charge in [-0.2, -0.15) is 5.10 Å². The maximum Gasteiger partial charge on any atom is 0.277 e. The van der Waals surface area contributed by atoms with Gasteiger partial charge in [0.1, 0.15) is 28.0 Å². The lowest BCUT2D eigenvalue weighted by molar-refractivity contribution is 0.0247. The Morgan fingerprint density at radius 3 is 3.00 bits per heavy atom. The van der Waals surface area contributed by atoms with Crippen molar-refractivity contribution in [3.63, 3.8) is 0 Å². The van der Waals surface area contributed by atoms with Gasteiger partial charge in [-0.05, 0) is 31.4 Å². The highest BCUT2D eigenvalue weighted by Gasteiger charge is 2.30. The van der Waals surface area contributed by atoms with Gasteiger partial charge in [-0.3, -0.25) is 14.5 Å². The Bertz CT molecular complexity index is 1090. The van der Waals surface area contributed by atoms with E-state index in [2.05, 4.69) is 20.4 Å². The SMILES string of the molecule is Cc1cccnc1-c1nc(C(=O)Nc2cnn(C)c2[C@@H]2CC[C@@H](N)[C@H](F)CO2)c(N)s1. The van der Waals surface area contributed by atoms with Gasteiger partial charge in [0.2, 0.25) is 0 Å². The summed E-state index contributed by atoms with van der Waals surface area (Å²) < 4.78 is 21.3. The van der Waals surface area contributed by atoms with Crippen LogP contribution in [0.5, 0.6) is 0 Å². The minimum Gasteiger partial charge on any atom is -0.389 e. The smallest absolute Gasteiger partial charge is 0.277 e. The van der Waals surface area contributed by atoms with Crippen molar-refractivity contribution < 1.29 is 13.9 Å². The molecule has 1 saturated heterocycles. The summed E-state index contributed by atoms with van der Waals surface area (Å²) in [5.41, 5.74) is 14.8. The van der Waals surface area contributed by atoms with Gasteiger partial charge in [0.25, 0.3) is 5.91 Å². The Morgan fingerprint density at radius 2 is 2.23 bits per heavy atom. The lowest BCUT2D eigenvalue weighted by atomic mass is 10.0. The normalized spacial score (nSPS) is 21.6. The second-order valence-corrected chi connectivity index (χ2v) is 8.53. The number of alkyl halides is 1. The van der Waals surface area contributed by atoms with Crippen molar-refractivity contribution in [2.45, 2.75) is 38.1 Å². The molecule has 3 aromatic heterocycles. The van der Waals surface area contributed by atoms with Gasteiger partial charge >= 0.3 is 0 Å². The zero-order valence-corrected chi connectivity index (χ0v) is 18.0. The first-order valence-corrected chi connectivity index (χ1v) is 10.7. The van der Waals surface area contributed by atoms with Crippen molar-refractivity contribution in [2.75, 3.05) is 17.7 Å². The van der Waals surface area contributed by atoms with E-state index in [-0.39, 0.29) is 12.3 Å². The molecule has 4 rings (SSSR count). The zero-order chi connectivity index (χ0) is 22.1. The average Bonchev–Trinajstić information content (AvgIpc) is 3.25. The maximum absolute atomic E-state index is 13.9. The molecule has 5 N–H and O–H groups in total. The Labute approximate surface area is 182 Å². The highest BCUT2D eigenvalue weighted by Crippen LogP contribution is 2.34. The van der Waals surface area contributed by atoms with Crippen LogP contribution in [-0.2, 0) is 11.8 Å². The van der Waals surface area contributed by atoms with Gasteiger partial charge < -0.3 is 21.5 Å². The minimum atomic E-state index is -1.22. The number of anilines is 2. The van der Waals surface area contributed by atoms with Crippen LogP contribution in [0.3, 0.4) is 0 Å². The van der Waals surface area contributed by atoms with Crippen molar-refractivity contribution in [3.8, 4) is 10.7 Å². The summed E-state index contributed by atoms with van der Waals surface area (Å²) in [7, 11) is 1.74. The molecule has 31 heavy (non-hydrogen) atoms. The van der Waals surface area contributed by atoms with Crippen LogP contribution in [0.4, 0.5) is 15.1 Å². The van der Waals surface area contributed by atoms with Crippen LogP contribution in [0.15, 0.2) is 24.5 Å². The fraction of sp³-hybridized carbons (Fsp3) is 0.400. The first kappa shape index (κ1) is 21.3. The van der Waals surface area contributed by atoms with E-state index in [9.17, 15) is 9.18 Å². The Morgan fingerprint density at radius 1 is 1.42 bits per heavy atom. The number of hydrogen-bond acceptors (Lipinski definition) is 8. The summed E-state index contributed by atoms with van der Waals surface area (Å²) in [4.78, 5) is 21.7. The number of ether oxygens (including phenoxy) is 1. The summed E-state index contributed by atoms with van der Waals surface area (Å²) in [5, 5.41) is 7.92. The van der Waals surface area contributed by atoms with Gasteiger partial charge in [0.05, 0.1) is 24.2 Å². The standard InChI is InChI=1S/C20H24FN7O2S/c1-10-4-3-7-24-15(10)20-27-16(18(23)31-20)19(29)26-13-8-25-28(2)17(13)14-6-5-12(22)11(21)9-30-14/h3-4,7-8,11-12,14H,5-6,9,22-23H2,1-2H3,(H,26,29)/t11-,12-,14+/m1/s1. The zero-order valence-electron chi connectivity index (χ0n) is 17.2. The Kier molecular flexibility index (Phi) is 5.99. The second-order valence-electron chi connectivity index (χ2n) is 7.50. The maximum atomic E-state index is 13.9. The average molecular weight is 446 g/mol. The van der Waals surface area contributed by atoms with E-state index >= 15 is 0 Å². The second kappa shape index (κ2) is 8.69. The molecule has 0 bridgehead atoms. The number of thiazole rings is 1. The van der Waals surface area contributed by atoms with Gasteiger partial charge in [0, 0.05) is 19.3 Å². The van der Waals surface area contributed by atoms with Crippen LogP contribution in [-0.4, -0.2) is 44.5 Å². The third-order valence-corrected chi connectivity index (χ3v) is 6.19. The van der Waals surface area contributed by atoms with Gasteiger partial charge in [-0.1, -0.05) is 17.4 Å². The van der Waals surface area contributed by atoms with Crippen molar-refractivity contribution in [2.24, 2.45) is 12.8 Å². The van der Waals surface area contributed by atoms with Gasteiger partial charge in [0.15, 0.2) is 5.69 Å². The van der Waals surface area contributed by atoms with Gasteiger partial charge in [-0.25, -0.2) is 9.37 Å². The van der Waals surface area contributed by atoms with E-state index in [0.29, 0.717) is 39.9 Å². The predicted molar refractivity (Wildman–Crippen MR) is 116 cm³/mol. The number of hydrogen-bond donors (Lipinski definition) is 3. The summed E-state index contributed by atoms with van der Waals surface area (Å²) in [6.07, 6.45) is 2.53. The number of nitrogens with two attached hydrogens (primary N) is 2. The fourth-order valence-corrected chi connectivity index (χ4v) is 4.46. The Balaban J connectivity index is 1.57. The van der Waals surface area contributed by atoms with E-state index in [1.165, 1.54) is 17.5 Å². The summed E-state index contributed by atoms with van der Waals surface area (Å²) in [6.45, 7) is 1.82. The van der Waals surface area contributed by atoms with Crippen LogP contribution < -0.4 is 16.8 Å². The van der Waals surface area contributed by atoms with Crippen LogP contribution in [0, 0.1) is 6.92 Å².